The number of halogens is 1. The number of nitro groups is 1. The molecule has 19 heavy (non-hydrogen) atoms. The third kappa shape index (κ3) is 3.60. The van der Waals surface area contributed by atoms with Gasteiger partial charge in [0.2, 0.25) is 0 Å². The van der Waals surface area contributed by atoms with Crippen molar-refractivity contribution < 1.29 is 13.3 Å². The van der Waals surface area contributed by atoms with E-state index in [-0.39, 0.29) is 20.3 Å². The Balaban J connectivity index is 3.13. The van der Waals surface area contributed by atoms with Crippen LogP contribution in [0.5, 0.6) is 0 Å². The summed E-state index contributed by atoms with van der Waals surface area (Å²) in [5, 5.41) is 10.7. The quantitative estimate of drug-likeness (QED) is 0.585. The molecule has 0 aromatic carbocycles. The SMILES string of the molecule is CSCC(C)N(C)S(=O)(=O)c1cc([N+](=O)[O-])c(Cl)s1. The Bertz CT molecular complexity index is 572. The van der Waals surface area contributed by atoms with Gasteiger partial charge in [0.15, 0.2) is 4.34 Å². The van der Waals surface area contributed by atoms with E-state index in [1.807, 2.05) is 6.26 Å². The molecule has 1 atom stereocenters. The maximum Gasteiger partial charge on any atom is 0.300 e. The van der Waals surface area contributed by atoms with E-state index < -0.39 is 14.9 Å². The van der Waals surface area contributed by atoms with Crippen molar-refractivity contribution in [3.05, 3.63) is 20.5 Å². The van der Waals surface area contributed by atoms with Gasteiger partial charge in [-0.2, -0.15) is 16.1 Å². The Morgan fingerprint density at radius 1 is 1.63 bits per heavy atom. The zero-order valence-corrected chi connectivity index (χ0v) is 13.7. The zero-order valence-electron chi connectivity index (χ0n) is 10.5. The average Bonchev–Trinajstić information content (AvgIpc) is 2.71. The minimum atomic E-state index is -3.75. The molecule has 1 rings (SSSR count). The van der Waals surface area contributed by atoms with Crippen molar-refractivity contribution in [3.63, 3.8) is 0 Å². The van der Waals surface area contributed by atoms with Crippen LogP contribution >= 0.6 is 34.7 Å². The van der Waals surface area contributed by atoms with Crippen molar-refractivity contribution >= 4 is 50.4 Å². The molecule has 0 fully saturated rings. The fourth-order valence-electron chi connectivity index (χ4n) is 1.32. The fourth-order valence-corrected chi connectivity index (χ4v) is 5.33. The molecule has 108 valence electrons. The summed E-state index contributed by atoms with van der Waals surface area (Å²) in [7, 11) is -2.29. The summed E-state index contributed by atoms with van der Waals surface area (Å²) < 4.78 is 25.5. The highest BCUT2D eigenvalue weighted by atomic mass is 35.5. The maximum atomic E-state index is 12.3. The van der Waals surface area contributed by atoms with Crippen molar-refractivity contribution in [3.8, 4) is 0 Å². The molecular weight excluding hydrogens is 332 g/mol. The average molecular weight is 345 g/mol. The van der Waals surface area contributed by atoms with Crippen LogP contribution < -0.4 is 0 Å². The number of sulfonamides is 1. The Morgan fingerprint density at radius 2 is 2.21 bits per heavy atom. The minimum Gasteiger partial charge on any atom is -0.258 e. The summed E-state index contributed by atoms with van der Waals surface area (Å²) in [6, 6.07) is 0.796. The lowest BCUT2D eigenvalue weighted by atomic mass is 10.4. The van der Waals surface area contributed by atoms with E-state index in [1.165, 1.54) is 23.1 Å². The van der Waals surface area contributed by atoms with Gasteiger partial charge in [0.25, 0.3) is 15.7 Å². The Kier molecular flexibility index (Phi) is 5.63. The third-order valence-electron chi connectivity index (χ3n) is 2.50. The van der Waals surface area contributed by atoms with Crippen LogP contribution in [-0.2, 0) is 10.0 Å². The predicted molar refractivity (Wildman–Crippen MR) is 78.8 cm³/mol. The highest BCUT2D eigenvalue weighted by molar-refractivity contribution is 7.98. The first-order valence-electron chi connectivity index (χ1n) is 5.12. The monoisotopic (exact) mass is 344 g/mol. The molecule has 0 radical (unpaired) electrons. The number of hydrogen-bond donors (Lipinski definition) is 0. The molecular formula is C9H13ClN2O4S3. The third-order valence-corrected chi connectivity index (χ3v) is 7.08. The van der Waals surface area contributed by atoms with Gasteiger partial charge in [-0.05, 0) is 13.2 Å². The molecule has 0 aliphatic carbocycles. The lowest BCUT2D eigenvalue weighted by Gasteiger charge is -2.22. The molecule has 0 aliphatic rings. The molecule has 0 N–H and O–H groups in total. The van der Waals surface area contributed by atoms with E-state index >= 15 is 0 Å². The zero-order chi connectivity index (χ0) is 14.8. The second kappa shape index (κ2) is 6.40. The lowest BCUT2D eigenvalue weighted by Crippen LogP contribution is -2.36. The molecule has 1 unspecified atom stereocenters. The maximum absolute atomic E-state index is 12.3. The summed E-state index contributed by atoms with van der Waals surface area (Å²) in [5.41, 5.74) is -0.379. The van der Waals surface area contributed by atoms with Crippen molar-refractivity contribution in [1.82, 2.24) is 4.31 Å². The second-order valence-corrected chi connectivity index (χ2v) is 8.60. The first-order chi connectivity index (χ1) is 8.71. The van der Waals surface area contributed by atoms with E-state index in [1.54, 1.807) is 6.92 Å². The normalized spacial score (nSPS) is 13.7. The Hall–Kier alpha value is -0.350. The van der Waals surface area contributed by atoms with Crippen LogP contribution in [0.25, 0.3) is 0 Å². The number of hydrogen-bond acceptors (Lipinski definition) is 6. The van der Waals surface area contributed by atoms with Crippen LogP contribution in [0.4, 0.5) is 5.69 Å². The van der Waals surface area contributed by atoms with Gasteiger partial charge in [0, 0.05) is 24.9 Å². The molecule has 0 saturated heterocycles. The van der Waals surface area contributed by atoms with Crippen molar-refractivity contribution in [2.24, 2.45) is 0 Å². The number of nitrogens with zero attached hydrogens (tertiary/aromatic N) is 2. The van der Waals surface area contributed by atoms with Crippen molar-refractivity contribution in [2.75, 3.05) is 19.1 Å². The summed E-state index contributed by atoms with van der Waals surface area (Å²) >= 11 is 7.91. The van der Waals surface area contributed by atoms with E-state index in [0.717, 1.165) is 6.07 Å². The van der Waals surface area contributed by atoms with E-state index in [2.05, 4.69) is 0 Å². The highest BCUT2D eigenvalue weighted by Gasteiger charge is 2.30. The van der Waals surface area contributed by atoms with Crippen LogP contribution in [-0.4, -0.2) is 42.7 Å². The summed E-state index contributed by atoms with van der Waals surface area (Å²) in [6.45, 7) is 1.78. The topological polar surface area (TPSA) is 80.5 Å². The van der Waals surface area contributed by atoms with Gasteiger partial charge in [0.05, 0.1) is 4.92 Å². The fraction of sp³-hybridized carbons (Fsp3) is 0.556. The van der Waals surface area contributed by atoms with Crippen LogP contribution in [0, 0.1) is 10.1 Å². The largest absolute Gasteiger partial charge is 0.300 e. The molecule has 1 aromatic rings. The van der Waals surface area contributed by atoms with Gasteiger partial charge in [-0.15, -0.1) is 11.3 Å². The van der Waals surface area contributed by atoms with E-state index in [0.29, 0.717) is 17.1 Å². The minimum absolute atomic E-state index is 0.111. The molecule has 0 spiro atoms. The van der Waals surface area contributed by atoms with Crippen LogP contribution in [0.1, 0.15) is 6.92 Å². The van der Waals surface area contributed by atoms with Gasteiger partial charge in [0.1, 0.15) is 4.21 Å². The smallest absolute Gasteiger partial charge is 0.258 e. The summed E-state index contributed by atoms with van der Waals surface area (Å²) in [5.74, 6) is 0.636. The van der Waals surface area contributed by atoms with Gasteiger partial charge in [-0.1, -0.05) is 11.6 Å². The van der Waals surface area contributed by atoms with Gasteiger partial charge in [-0.3, -0.25) is 10.1 Å². The molecule has 1 aromatic heterocycles. The molecule has 6 nitrogen and oxygen atoms in total. The van der Waals surface area contributed by atoms with Crippen LogP contribution in [0.2, 0.25) is 4.34 Å². The van der Waals surface area contributed by atoms with Crippen LogP contribution in [0.15, 0.2) is 10.3 Å². The Labute approximate surface area is 124 Å². The standard InChI is InChI=1S/C9H13ClN2O4S3/c1-6(5-17-3)11(2)19(15,16)8-4-7(12(13)14)9(10)18-8/h4,6H,5H2,1-3H3. The number of rotatable bonds is 6. The molecule has 0 saturated carbocycles. The lowest BCUT2D eigenvalue weighted by molar-refractivity contribution is -0.384. The van der Waals surface area contributed by atoms with Gasteiger partial charge >= 0.3 is 0 Å². The summed E-state index contributed by atoms with van der Waals surface area (Å²) in [6.07, 6.45) is 1.88. The molecule has 10 heteroatoms. The molecule has 1 heterocycles. The molecule has 0 aliphatic heterocycles. The molecule has 0 amide bonds. The van der Waals surface area contributed by atoms with E-state index in [4.69, 9.17) is 11.6 Å². The Morgan fingerprint density at radius 3 is 2.63 bits per heavy atom. The van der Waals surface area contributed by atoms with Gasteiger partial charge < -0.3 is 0 Å². The van der Waals surface area contributed by atoms with Crippen LogP contribution in [0.3, 0.4) is 0 Å². The number of thioether (sulfide) groups is 1. The predicted octanol–water partition coefficient (Wildman–Crippen LogP) is 2.68. The van der Waals surface area contributed by atoms with E-state index in [9.17, 15) is 18.5 Å². The van der Waals surface area contributed by atoms with Gasteiger partial charge in [-0.25, -0.2) is 8.42 Å². The van der Waals surface area contributed by atoms with Crippen molar-refractivity contribution in [2.45, 2.75) is 17.2 Å². The van der Waals surface area contributed by atoms with Crippen molar-refractivity contribution in [1.29, 1.82) is 0 Å². The second-order valence-electron chi connectivity index (χ2n) is 3.81. The molecule has 0 bridgehead atoms. The highest BCUT2D eigenvalue weighted by Crippen LogP contribution is 2.37. The summed E-state index contributed by atoms with van der Waals surface area (Å²) in [4.78, 5) is 9.99. The first-order valence-corrected chi connectivity index (χ1v) is 9.15. The number of thiophene rings is 1. The first kappa shape index (κ1) is 16.7.